The number of hydrogen-bond acceptors (Lipinski definition) is 6. The summed E-state index contributed by atoms with van der Waals surface area (Å²) < 4.78 is 33.3. The molecule has 146 valence electrons. The minimum atomic E-state index is -3.66. The Morgan fingerprint density at radius 2 is 1.93 bits per heavy atom. The zero-order valence-electron chi connectivity index (χ0n) is 15.1. The van der Waals surface area contributed by atoms with Crippen molar-refractivity contribution in [3.05, 3.63) is 48.4 Å². The van der Waals surface area contributed by atoms with Gasteiger partial charge >= 0.3 is 0 Å². The fourth-order valence-corrected chi connectivity index (χ4v) is 4.97. The van der Waals surface area contributed by atoms with Crippen molar-refractivity contribution in [1.82, 2.24) is 9.62 Å². The number of carbonyl (C=O) groups excluding carboxylic acids is 1. The van der Waals surface area contributed by atoms with Crippen LogP contribution in [0.4, 0.5) is 5.69 Å². The third-order valence-electron chi connectivity index (χ3n) is 4.37. The first-order valence-corrected chi connectivity index (χ1v) is 11.3. The van der Waals surface area contributed by atoms with Crippen LogP contribution in [0.3, 0.4) is 0 Å². The highest BCUT2D eigenvalue weighted by molar-refractivity contribution is 7.99. The summed E-state index contributed by atoms with van der Waals surface area (Å²) in [5.41, 5.74) is 1.52. The molecule has 0 radical (unpaired) electrons. The molecule has 0 bridgehead atoms. The summed E-state index contributed by atoms with van der Waals surface area (Å²) in [6, 6.07) is 7.92. The zero-order valence-corrected chi connectivity index (χ0v) is 16.7. The lowest BCUT2D eigenvalue weighted by Gasteiger charge is -2.33. The van der Waals surface area contributed by atoms with Gasteiger partial charge in [0.2, 0.25) is 15.9 Å². The lowest BCUT2D eigenvalue weighted by atomic mass is 10.1. The number of benzene rings is 1. The first-order valence-electron chi connectivity index (χ1n) is 8.67. The van der Waals surface area contributed by atoms with E-state index in [0.29, 0.717) is 5.69 Å². The first kappa shape index (κ1) is 19.9. The third-order valence-corrected chi connectivity index (χ3v) is 6.75. The fourth-order valence-electron chi connectivity index (χ4n) is 3.00. The Hall–Kier alpha value is -1.81. The molecule has 1 atom stereocenters. The number of thioether (sulfide) groups is 1. The van der Waals surface area contributed by atoms with Gasteiger partial charge < -0.3 is 9.73 Å². The quantitative estimate of drug-likeness (QED) is 0.729. The van der Waals surface area contributed by atoms with Crippen LogP contribution in [0.15, 0.2) is 52.2 Å². The minimum Gasteiger partial charge on any atom is -0.472 e. The van der Waals surface area contributed by atoms with E-state index in [9.17, 15) is 13.2 Å². The molecule has 1 aliphatic rings. The molecule has 1 unspecified atom stereocenters. The summed E-state index contributed by atoms with van der Waals surface area (Å²) >= 11 is 1.91. The van der Waals surface area contributed by atoms with Gasteiger partial charge in [0.05, 0.1) is 23.5 Å². The second-order valence-electron chi connectivity index (χ2n) is 6.28. The second-order valence-corrected chi connectivity index (χ2v) is 9.27. The molecule has 3 rings (SSSR count). The molecule has 1 fully saturated rings. The van der Waals surface area contributed by atoms with Gasteiger partial charge in [-0.2, -0.15) is 11.8 Å². The summed E-state index contributed by atoms with van der Waals surface area (Å²) in [6.07, 6.45) is 3.28. The molecule has 0 aliphatic carbocycles. The number of rotatable bonds is 7. The zero-order chi connectivity index (χ0) is 19.3. The maximum absolute atomic E-state index is 12.7. The van der Waals surface area contributed by atoms with Crippen molar-refractivity contribution in [2.24, 2.45) is 0 Å². The van der Waals surface area contributed by atoms with E-state index in [2.05, 4.69) is 14.9 Å². The maximum Gasteiger partial charge on any atom is 0.240 e. The van der Waals surface area contributed by atoms with Gasteiger partial charge in [0.1, 0.15) is 0 Å². The number of hydrogen-bond donors (Lipinski definition) is 2. The van der Waals surface area contributed by atoms with Crippen molar-refractivity contribution < 1.29 is 17.6 Å². The smallest absolute Gasteiger partial charge is 0.240 e. The lowest BCUT2D eigenvalue weighted by molar-refractivity contribution is -0.114. The molecule has 7 nitrogen and oxygen atoms in total. The number of anilines is 1. The standard InChI is InChI=1S/C18H23N3O4S2/c1-14(22)20-16-2-4-17(5-3-16)27(23,24)19-12-18(15-6-9-25-13-15)21-7-10-26-11-8-21/h2-6,9,13,18-19H,7-8,10-12H2,1H3,(H,20,22). The molecule has 2 N–H and O–H groups in total. The SMILES string of the molecule is CC(=O)Nc1ccc(S(=O)(=O)NCC(c2ccoc2)N2CCSCC2)cc1. The number of nitrogens with zero attached hydrogens (tertiary/aromatic N) is 1. The molecule has 0 saturated carbocycles. The Kier molecular flexibility index (Phi) is 6.59. The average molecular weight is 410 g/mol. The van der Waals surface area contributed by atoms with Crippen molar-refractivity contribution in [2.75, 3.05) is 36.5 Å². The predicted molar refractivity (Wildman–Crippen MR) is 106 cm³/mol. The topological polar surface area (TPSA) is 91.6 Å². The summed E-state index contributed by atoms with van der Waals surface area (Å²) in [4.78, 5) is 13.5. The van der Waals surface area contributed by atoms with Crippen LogP contribution in [0.1, 0.15) is 18.5 Å². The van der Waals surface area contributed by atoms with Crippen molar-refractivity contribution in [3.8, 4) is 0 Å². The van der Waals surface area contributed by atoms with Crippen LogP contribution in [0, 0.1) is 0 Å². The summed E-state index contributed by atoms with van der Waals surface area (Å²) in [5, 5.41) is 2.62. The van der Waals surface area contributed by atoms with Crippen molar-refractivity contribution >= 4 is 33.4 Å². The Labute approximate surface area is 163 Å². The number of amides is 1. The Balaban J connectivity index is 1.70. The fraction of sp³-hybridized carbons (Fsp3) is 0.389. The Morgan fingerprint density at radius 1 is 1.22 bits per heavy atom. The van der Waals surface area contributed by atoms with Crippen molar-refractivity contribution in [2.45, 2.75) is 17.9 Å². The van der Waals surface area contributed by atoms with Crippen LogP contribution >= 0.6 is 11.8 Å². The molecule has 1 aromatic carbocycles. The molecule has 1 aromatic heterocycles. The van der Waals surface area contributed by atoms with Gasteiger partial charge in [-0.25, -0.2) is 13.1 Å². The molecule has 1 saturated heterocycles. The summed E-state index contributed by atoms with van der Waals surface area (Å²) in [5.74, 6) is 1.86. The van der Waals surface area contributed by atoms with Crippen LogP contribution in [0.5, 0.6) is 0 Å². The molecule has 1 aliphatic heterocycles. The van der Waals surface area contributed by atoms with Gasteiger partial charge in [0, 0.05) is 49.3 Å². The highest BCUT2D eigenvalue weighted by Gasteiger charge is 2.25. The molecule has 0 spiro atoms. The molecular formula is C18H23N3O4S2. The Bertz CT molecular complexity index is 845. The van der Waals surface area contributed by atoms with E-state index in [4.69, 9.17) is 4.42 Å². The molecule has 2 aromatic rings. The highest BCUT2D eigenvalue weighted by Crippen LogP contribution is 2.25. The van der Waals surface area contributed by atoms with Crippen LogP contribution in [-0.4, -0.2) is 50.4 Å². The largest absolute Gasteiger partial charge is 0.472 e. The average Bonchev–Trinajstić information content (AvgIpc) is 3.17. The van der Waals surface area contributed by atoms with Gasteiger partial charge in [-0.3, -0.25) is 9.69 Å². The number of carbonyl (C=O) groups is 1. The van der Waals surface area contributed by atoms with Crippen LogP contribution in [0.25, 0.3) is 0 Å². The number of furan rings is 1. The van der Waals surface area contributed by atoms with Gasteiger partial charge in [-0.1, -0.05) is 0 Å². The minimum absolute atomic E-state index is 0.0712. The normalized spacial score (nSPS) is 16.8. The second kappa shape index (κ2) is 8.92. The van der Waals surface area contributed by atoms with Gasteiger partial charge in [0.15, 0.2) is 0 Å². The molecule has 2 heterocycles. The van der Waals surface area contributed by atoms with Crippen molar-refractivity contribution in [3.63, 3.8) is 0 Å². The maximum atomic E-state index is 12.7. The van der Waals surface area contributed by atoms with Gasteiger partial charge in [0.25, 0.3) is 0 Å². The van der Waals surface area contributed by atoms with Crippen LogP contribution < -0.4 is 10.0 Å². The van der Waals surface area contributed by atoms with E-state index in [1.54, 1.807) is 24.7 Å². The van der Waals surface area contributed by atoms with Crippen LogP contribution in [-0.2, 0) is 14.8 Å². The van der Waals surface area contributed by atoms with E-state index in [1.807, 2.05) is 17.8 Å². The number of nitrogens with one attached hydrogen (secondary N) is 2. The van der Waals surface area contributed by atoms with Gasteiger partial charge in [-0.05, 0) is 30.3 Å². The number of sulfonamides is 1. The van der Waals surface area contributed by atoms with E-state index in [-0.39, 0.29) is 23.4 Å². The molecule has 9 heteroatoms. The first-order chi connectivity index (χ1) is 13.0. The Morgan fingerprint density at radius 3 is 2.52 bits per heavy atom. The molecule has 27 heavy (non-hydrogen) atoms. The molecule has 1 amide bonds. The van der Waals surface area contributed by atoms with E-state index >= 15 is 0 Å². The lowest BCUT2D eigenvalue weighted by Crippen LogP contribution is -2.41. The van der Waals surface area contributed by atoms with E-state index in [1.165, 1.54) is 19.1 Å². The predicted octanol–water partition coefficient (Wildman–Crippen LogP) is 2.31. The monoisotopic (exact) mass is 409 g/mol. The molecular weight excluding hydrogens is 386 g/mol. The van der Waals surface area contributed by atoms with E-state index < -0.39 is 10.0 Å². The highest BCUT2D eigenvalue weighted by atomic mass is 32.2. The van der Waals surface area contributed by atoms with E-state index in [0.717, 1.165) is 30.2 Å². The summed E-state index contributed by atoms with van der Waals surface area (Å²) in [6.45, 7) is 3.49. The third kappa shape index (κ3) is 5.35. The summed E-state index contributed by atoms with van der Waals surface area (Å²) in [7, 11) is -3.66. The van der Waals surface area contributed by atoms with Crippen LogP contribution in [0.2, 0.25) is 0 Å². The van der Waals surface area contributed by atoms with Crippen molar-refractivity contribution in [1.29, 1.82) is 0 Å². The van der Waals surface area contributed by atoms with Gasteiger partial charge in [-0.15, -0.1) is 0 Å².